The predicted octanol–water partition coefficient (Wildman–Crippen LogP) is 6.58. The van der Waals surface area contributed by atoms with Gasteiger partial charge in [-0.25, -0.2) is 0 Å². The Morgan fingerprint density at radius 1 is 0.773 bits per heavy atom. The molecular weight excluding hydrogens is 807 g/mol. The van der Waals surface area contributed by atoms with Crippen LogP contribution < -0.4 is 14.5 Å². The van der Waals surface area contributed by atoms with Crippen LogP contribution in [0.2, 0.25) is 0 Å². The van der Waals surface area contributed by atoms with E-state index >= 15 is 0 Å². The predicted molar refractivity (Wildman–Crippen MR) is 178 cm³/mol. The second-order valence-electron chi connectivity index (χ2n) is 11.6. The largest absolute Gasteiger partial charge is 0.504 e. The zero-order valence-electron chi connectivity index (χ0n) is 23.2. The molecule has 2 aliphatic carbocycles. The lowest BCUT2D eigenvalue weighted by Crippen LogP contribution is -2.43. The summed E-state index contributed by atoms with van der Waals surface area (Å²) >= 11 is 8.86. The second-order valence-corrected chi connectivity index (χ2v) is 14.5. The number of carbonyl (C=O) groups excluding carboxylic acids is 4. The molecule has 11 heteroatoms. The third-order valence-corrected chi connectivity index (χ3v) is 11.3. The van der Waals surface area contributed by atoms with Gasteiger partial charge < -0.3 is 9.84 Å². The number of fused-ring (bicyclic) bond motifs is 4. The van der Waals surface area contributed by atoms with Crippen LogP contribution in [0.3, 0.4) is 0 Å². The first-order valence-electron chi connectivity index (χ1n) is 14.1. The van der Waals surface area contributed by atoms with Crippen LogP contribution >= 0.6 is 54.5 Å². The monoisotopic (exact) mass is 830 g/mol. The molecule has 0 bridgehead atoms. The molecule has 3 fully saturated rings. The fraction of sp³-hybridized carbons (Fsp3) is 0.273. The lowest BCUT2D eigenvalue weighted by molar-refractivity contribution is -0.126. The molecular formula is C33H25Br2IN2O6. The lowest BCUT2D eigenvalue weighted by atomic mass is 9.57. The van der Waals surface area contributed by atoms with Gasteiger partial charge in [-0.1, -0.05) is 43.5 Å². The Bertz CT molecular complexity index is 1780. The van der Waals surface area contributed by atoms with Crippen molar-refractivity contribution in [3.8, 4) is 11.5 Å². The number of nitrogens with zero attached hydrogens (tertiary/aromatic N) is 2. The fourth-order valence-electron chi connectivity index (χ4n) is 7.58. The first-order valence-corrected chi connectivity index (χ1v) is 16.8. The molecule has 44 heavy (non-hydrogen) atoms. The number of rotatable bonds is 4. The normalized spacial score (nSPS) is 27.7. The quantitative estimate of drug-likeness (QED) is 0.181. The van der Waals surface area contributed by atoms with Gasteiger partial charge in [-0.3, -0.25) is 29.0 Å². The minimum Gasteiger partial charge on any atom is -0.504 e. The Balaban J connectivity index is 1.35. The molecule has 0 aromatic heterocycles. The van der Waals surface area contributed by atoms with Crippen molar-refractivity contribution < 1.29 is 29.0 Å². The Hall–Kier alpha value is -3.03. The maximum absolute atomic E-state index is 14.3. The van der Waals surface area contributed by atoms with E-state index in [1.807, 2.05) is 34.7 Å². The molecule has 3 aromatic rings. The molecule has 2 heterocycles. The number of imide groups is 2. The first kappa shape index (κ1) is 29.7. The van der Waals surface area contributed by atoms with E-state index in [-0.39, 0.29) is 41.5 Å². The number of ether oxygens (including phenoxy) is 1. The molecule has 4 amide bonds. The van der Waals surface area contributed by atoms with E-state index in [0.29, 0.717) is 26.9 Å². The van der Waals surface area contributed by atoms with Gasteiger partial charge in [0.25, 0.3) is 0 Å². The molecule has 0 radical (unpaired) electrons. The maximum Gasteiger partial charge on any atom is 0.238 e. The van der Waals surface area contributed by atoms with Crippen LogP contribution in [0.25, 0.3) is 0 Å². The topological polar surface area (TPSA) is 104 Å². The van der Waals surface area contributed by atoms with E-state index in [9.17, 15) is 24.3 Å². The van der Waals surface area contributed by atoms with Crippen molar-refractivity contribution in [2.24, 2.45) is 29.6 Å². The summed E-state index contributed by atoms with van der Waals surface area (Å²) in [4.78, 5) is 58.8. The highest BCUT2D eigenvalue weighted by Crippen LogP contribution is 2.59. The number of anilines is 2. The molecule has 4 aliphatic rings. The SMILES string of the molecule is COc1cc([C@H]2C3=CC[C@@H]4C(=O)N(c5ccc(Br)cc5)C(=O)[C@@H]4[C@@H]3C[C@H]3C(=O)N(c4ccc(Br)cc4)C(=O)[C@@H]23)cc(I)c1O. The third-order valence-electron chi connectivity index (χ3n) is 9.45. The number of allylic oxidation sites excluding steroid dienone is 2. The molecule has 7 rings (SSSR count). The number of phenolic OH excluding ortho intramolecular Hbond substituents is 1. The van der Waals surface area contributed by atoms with E-state index in [1.54, 1.807) is 54.6 Å². The average Bonchev–Trinajstić information content (AvgIpc) is 3.42. The van der Waals surface area contributed by atoms with Gasteiger partial charge in [0.2, 0.25) is 23.6 Å². The highest BCUT2D eigenvalue weighted by atomic mass is 127. The molecule has 0 unspecified atom stereocenters. The number of benzene rings is 3. The van der Waals surface area contributed by atoms with Crippen molar-refractivity contribution in [1.29, 1.82) is 0 Å². The molecule has 3 aromatic carbocycles. The molecule has 2 saturated heterocycles. The number of hydrogen-bond donors (Lipinski definition) is 1. The van der Waals surface area contributed by atoms with Crippen LogP contribution in [0.15, 0.2) is 81.3 Å². The van der Waals surface area contributed by atoms with Crippen LogP contribution in [0, 0.1) is 33.2 Å². The molecule has 6 atom stereocenters. The van der Waals surface area contributed by atoms with Gasteiger partial charge in [0.05, 0.1) is 45.7 Å². The van der Waals surface area contributed by atoms with Gasteiger partial charge in [-0.2, -0.15) is 0 Å². The minimum atomic E-state index is -0.718. The number of hydrogen-bond acceptors (Lipinski definition) is 6. The number of phenols is 1. The van der Waals surface area contributed by atoms with Crippen molar-refractivity contribution >= 4 is 89.5 Å². The first-order chi connectivity index (χ1) is 21.1. The van der Waals surface area contributed by atoms with Crippen molar-refractivity contribution in [2.45, 2.75) is 18.8 Å². The van der Waals surface area contributed by atoms with Crippen LogP contribution in [-0.2, 0) is 19.2 Å². The van der Waals surface area contributed by atoms with Crippen molar-refractivity contribution in [3.05, 3.63) is 90.4 Å². The van der Waals surface area contributed by atoms with Crippen LogP contribution in [0.5, 0.6) is 11.5 Å². The molecule has 224 valence electrons. The van der Waals surface area contributed by atoms with Crippen molar-refractivity contribution in [3.63, 3.8) is 0 Å². The van der Waals surface area contributed by atoms with Gasteiger partial charge >= 0.3 is 0 Å². The number of carbonyl (C=O) groups is 4. The van der Waals surface area contributed by atoms with Gasteiger partial charge in [0.15, 0.2) is 11.5 Å². The smallest absolute Gasteiger partial charge is 0.238 e. The number of methoxy groups -OCH3 is 1. The van der Waals surface area contributed by atoms with E-state index in [4.69, 9.17) is 4.74 Å². The summed E-state index contributed by atoms with van der Waals surface area (Å²) in [7, 11) is 1.46. The Kier molecular flexibility index (Phi) is 7.48. The Morgan fingerprint density at radius 3 is 1.89 bits per heavy atom. The summed E-state index contributed by atoms with van der Waals surface area (Å²) in [6.07, 6.45) is 2.65. The van der Waals surface area contributed by atoms with Crippen LogP contribution in [-0.4, -0.2) is 35.8 Å². The van der Waals surface area contributed by atoms with Crippen LogP contribution in [0.1, 0.15) is 24.3 Å². The second kappa shape index (κ2) is 11.1. The lowest BCUT2D eigenvalue weighted by Gasteiger charge is -2.44. The summed E-state index contributed by atoms with van der Waals surface area (Å²) in [5, 5.41) is 10.6. The number of aromatic hydroxyl groups is 1. The summed E-state index contributed by atoms with van der Waals surface area (Å²) in [5.74, 6) is -4.49. The van der Waals surface area contributed by atoms with Crippen molar-refractivity contribution in [2.75, 3.05) is 16.9 Å². The highest BCUT2D eigenvalue weighted by molar-refractivity contribution is 14.1. The third kappa shape index (κ3) is 4.48. The molecule has 0 spiro atoms. The standard InChI is InChI=1S/C33H25Br2IN2O6/c1-44-25-13-15(12-24(36)29(25)39)26-20-10-11-21-27(32(42)37(30(21)40)18-6-2-16(34)3-7-18)22(20)14-23-28(26)33(43)38(31(23)41)19-8-4-17(35)5-9-19/h2-10,12-13,21-23,26-28,39H,11,14H2,1H3/t21-,22+,23+,26-,27-,28+/m0/s1. The van der Waals surface area contributed by atoms with Gasteiger partial charge in [-0.15, -0.1) is 0 Å². The zero-order chi connectivity index (χ0) is 31.0. The summed E-state index contributed by atoms with van der Waals surface area (Å²) in [6, 6.07) is 17.6. The fourth-order valence-corrected chi connectivity index (χ4v) is 8.74. The van der Waals surface area contributed by atoms with Gasteiger partial charge in [0, 0.05) is 14.9 Å². The zero-order valence-corrected chi connectivity index (χ0v) is 28.6. The van der Waals surface area contributed by atoms with E-state index in [2.05, 4.69) is 31.9 Å². The maximum atomic E-state index is 14.3. The summed E-state index contributed by atoms with van der Waals surface area (Å²) < 4.78 is 7.68. The van der Waals surface area contributed by atoms with E-state index in [0.717, 1.165) is 14.5 Å². The molecule has 1 saturated carbocycles. The summed E-state index contributed by atoms with van der Waals surface area (Å²) in [6.45, 7) is 0. The minimum absolute atomic E-state index is 0.00883. The molecule has 8 nitrogen and oxygen atoms in total. The average molecular weight is 832 g/mol. The Morgan fingerprint density at radius 2 is 1.32 bits per heavy atom. The molecule has 2 aliphatic heterocycles. The van der Waals surface area contributed by atoms with E-state index < -0.39 is 35.5 Å². The summed E-state index contributed by atoms with van der Waals surface area (Å²) in [5.41, 5.74) is 2.59. The van der Waals surface area contributed by atoms with E-state index in [1.165, 1.54) is 16.9 Å². The highest BCUT2D eigenvalue weighted by Gasteiger charge is 2.62. The van der Waals surface area contributed by atoms with Gasteiger partial charge in [0.1, 0.15) is 0 Å². The molecule has 1 N–H and O–H groups in total. The number of amides is 4. The number of halogens is 3. The van der Waals surface area contributed by atoms with Gasteiger partial charge in [-0.05, 0) is 108 Å². The Labute approximate surface area is 283 Å². The van der Waals surface area contributed by atoms with Crippen molar-refractivity contribution in [1.82, 2.24) is 0 Å². The van der Waals surface area contributed by atoms with Crippen LogP contribution in [0.4, 0.5) is 11.4 Å².